The molecule has 6 nitrogen and oxygen atoms in total. The number of ether oxygens (including phenoxy) is 1. The van der Waals surface area contributed by atoms with Gasteiger partial charge in [0.1, 0.15) is 0 Å². The van der Waals surface area contributed by atoms with Gasteiger partial charge in [-0.25, -0.2) is 4.79 Å². The highest BCUT2D eigenvalue weighted by atomic mass is 19.4. The molecule has 0 fully saturated rings. The first-order chi connectivity index (χ1) is 8.24. The summed E-state index contributed by atoms with van der Waals surface area (Å²) in [5, 5.41) is 17.8. The number of aliphatic carboxylic acids is 1. The van der Waals surface area contributed by atoms with Gasteiger partial charge in [-0.15, -0.1) is 13.2 Å². The number of nitrogens with two attached hydrogens (primary N) is 1. The largest absolute Gasteiger partial charge is 0.573 e. The van der Waals surface area contributed by atoms with E-state index in [-0.39, 0.29) is 11.3 Å². The maximum atomic E-state index is 12.0. The summed E-state index contributed by atoms with van der Waals surface area (Å²) in [7, 11) is 0. The minimum Gasteiger partial charge on any atom is -0.479 e. The van der Waals surface area contributed by atoms with Crippen molar-refractivity contribution < 1.29 is 32.9 Å². The molecule has 0 amide bonds. The van der Waals surface area contributed by atoms with Crippen LogP contribution in [0.3, 0.4) is 0 Å². The Labute approximate surface area is 98.7 Å². The zero-order valence-corrected chi connectivity index (χ0v) is 8.73. The van der Waals surface area contributed by atoms with Crippen molar-refractivity contribution in [1.29, 1.82) is 0 Å². The molecular formula is C9H9F3N2O4. The van der Waals surface area contributed by atoms with E-state index in [1.54, 1.807) is 0 Å². The number of anilines is 1. The molecule has 1 atom stereocenters. The molecule has 5 N–H and O–H groups in total. The van der Waals surface area contributed by atoms with Crippen LogP contribution in [0.4, 0.5) is 18.9 Å². The second-order valence-corrected chi connectivity index (χ2v) is 3.19. The predicted molar refractivity (Wildman–Crippen MR) is 53.5 cm³/mol. The fourth-order valence-corrected chi connectivity index (χ4v) is 1.19. The van der Waals surface area contributed by atoms with Crippen LogP contribution in [-0.2, 0) is 4.79 Å². The van der Waals surface area contributed by atoms with E-state index >= 15 is 0 Å². The number of nitrogens with one attached hydrogen (secondary N) is 1. The first kappa shape index (κ1) is 14.1. The average molecular weight is 266 g/mol. The number of hydrazine groups is 1. The van der Waals surface area contributed by atoms with Crippen LogP contribution < -0.4 is 16.0 Å². The molecule has 0 aliphatic rings. The molecule has 1 aromatic rings. The lowest BCUT2D eigenvalue weighted by Gasteiger charge is -2.14. The number of hydrogen-bond donors (Lipinski definition) is 4. The topological polar surface area (TPSA) is 105 Å². The third-order valence-electron chi connectivity index (χ3n) is 1.93. The Balaban J connectivity index is 3.07. The van der Waals surface area contributed by atoms with Gasteiger partial charge in [-0.05, 0) is 17.7 Å². The van der Waals surface area contributed by atoms with Gasteiger partial charge >= 0.3 is 12.3 Å². The molecule has 1 rings (SSSR count). The van der Waals surface area contributed by atoms with Gasteiger partial charge in [0.25, 0.3) is 0 Å². The summed E-state index contributed by atoms with van der Waals surface area (Å²) in [6.45, 7) is 0. The molecule has 0 aliphatic carbocycles. The van der Waals surface area contributed by atoms with Gasteiger partial charge in [-0.3, -0.25) is 5.84 Å². The maximum absolute atomic E-state index is 12.0. The number of rotatable bonds is 4. The van der Waals surface area contributed by atoms with Crippen molar-refractivity contribution in [3.05, 3.63) is 23.8 Å². The van der Waals surface area contributed by atoms with Crippen molar-refractivity contribution in [2.75, 3.05) is 5.43 Å². The summed E-state index contributed by atoms with van der Waals surface area (Å²) in [6.07, 6.45) is -6.77. The van der Waals surface area contributed by atoms with E-state index in [0.29, 0.717) is 0 Å². The molecule has 1 aromatic carbocycles. The van der Waals surface area contributed by atoms with Gasteiger partial charge < -0.3 is 20.4 Å². The van der Waals surface area contributed by atoms with Crippen LogP contribution in [-0.4, -0.2) is 22.5 Å². The third kappa shape index (κ3) is 3.50. The van der Waals surface area contributed by atoms with Crippen LogP contribution in [0.1, 0.15) is 11.7 Å². The Morgan fingerprint density at radius 1 is 1.44 bits per heavy atom. The lowest BCUT2D eigenvalue weighted by molar-refractivity contribution is -0.274. The van der Waals surface area contributed by atoms with Gasteiger partial charge in [0, 0.05) is 0 Å². The number of alkyl halides is 3. The number of aliphatic hydroxyl groups is 1. The van der Waals surface area contributed by atoms with Crippen LogP contribution in [0.25, 0.3) is 0 Å². The van der Waals surface area contributed by atoms with E-state index in [4.69, 9.17) is 10.9 Å². The molecule has 1 unspecified atom stereocenters. The van der Waals surface area contributed by atoms with E-state index in [1.807, 2.05) is 5.43 Å². The maximum Gasteiger partial charge on any atom is 0.573 e. The van der Waals surface area contributed by atoms with Crippen molar-refractivity contribution in [2.45, 2.75) is 12.5 Å². The molecule has 0 saturated carbocycles. The molecular weight excluding hydrogens is 257 g/mol. The van der Waals surface area contributed by atoms with Crippen molar-refractivity contribution in [3.63, 3.8) is 0 Å². The average Bonchev–Trinajstić information content (AvgIpc) is 2.26. The van der Waals surface area contributed by atoms with Crippen LogP contribution in [0.5, 0.6) is 5.75 Å². The summed E-state index contributed by atoms with van der Waals surface area (Å²) in [6, 6.07) is 2.78. The third-order valence-corrected chi connectivity index (χ3v) is 1.93. The molecule has 0 aromatic heterocycles. The lowest BCUT2D eigenvalue weighted by Crippen LogP contribution is -2.20. The van der Waals surface area contributed by atoms with Crippen LogP contribution in [0.2, 0.25) is 0 Å². The van der Waals surface area contributed by atoms with Gasteiger partial charge in [-0.2, -0.15) is 0 Å². The molecule has 0 radical (unpaired) electrons. The summed E-state index contributed by atoms with van der Waals surface area (Å²) < 4.78 is 39.7. The van der Waals surface area contributed by atoms with E-state index < -0.39 is 24.2 Å². The predicted octanol–water partition coefficient (Wildman–Crippen LogP) is 0.989. The first-order valence-corrected chi connectivity index (χ1v) is 4.52. The van der Waals surface area contributed by atoms with Gasteiger partial charge in [0.15, 0.2) is 11.9 Å². The van der Waals surface area contributed by atoms with Crippen molar-refractivity contribution in [2.24, 2.45) is 5.84 Å². The standard InChI is InChI=1S/C9H9F3N2O4/c10-9(11,12)18-6-2-1-4(3-5(6)14-13)7(15)8(16)17/h1-3,7,14-15H,13H2,(H,16,17). The number of carboxylic acids is 1. The highest BCUT2D eigenvalue weighted by Gasteiger charge is 2.32. The SMILES string of the molecule is NNc1cc(C(O)C(=O)O)ccc1OC(F)(F)F. The second-order valence-electron chi connectivity index (χ2n) is 3.19. The molecule has 0 spiro atoms. The quantitative estimate of drug-likeness (QED) is 0.478. The molecule has 100 valence electrons. The van der Waals surface area contributed by atoms with Crippen LogP contribution >= 0.6 is 0 Å². The Hall–Kier alpha value is -2.00. The molecule has 0 saturated heterocycles. The van der Waals surface area contributed by atoms with Gasteiger partial charge in [0.05, 0.1) is 5.69 Å². The Kier molecular flexibility index (Phi) is 3.99. The summed E-state index contributed by atoms with van der Waals surface area (Å²) in [5.74, 6) is 2.82. The molecule has 0 aliphatic heterocycles. The van der Waals surface area contributed by atoms with Crippen LogP contribution in [0, 0.1) is 0 Å². The molecule has 0 bridgehead atoms. The summed E-state index contributed by atoms with van der Waals surface area (Å²) in [4.78, 5) is 10.5. The zero-order valence-electron chi connectivity index (χ0n) is 8.73. The highest BCUT2D eigenvalue weighted by Crippen LogP contribution is 2.32. The fourth-order valence-electron chi connectivity index (χ4n) is 1.19. The first-order valence-electron chi connectivity index (χ1n) is 4.52. The monoisotopic (exact) mass is 266 g/mol. The van der Waals surface area contributed by atoms with Crippen molar-refractivity contribution in [3.8, 4) is 5.75 Å². The Morgan fingerprint density at radius 2 is 2.06 bits per heavy atom. The second kappa shape index (κ2) is 5.10. The smallest absolute Gasteiger partial charge is 0.479 e. The van der Waals surface area contributed by atoms with E-state index in [0.717, 1.165) is 18.2 Å². The number of halogens is 3. The number of carbonyl (C=O) groups is 1. The number of hydrogen-bond acceptors (Lipinski definition) is 5. The lowest BCUT2D eigenvalue weighted by atomic mass is 10.1. The van der Waals surface area contributed by atoms with E-state index in [1.165, 1.54) is 0 Å². The minimum absolute atomic E-state index is 0.134. The van der Waals surface area contributed by atoms with Gasteiger partial charge in [0.2, 0.25) is 0 Å². The number of nitrogen functional groups attached to an aromatic ring is 1. The molecule has 9 heteroatoms. The number of carboxylic acid groups (broad SMARTS) is 1. The highest BCUT2D eigenvalue weighted by molar-refractivity contribution is 5.75. The number of aliphatic hydroxyl groups excluding tert-OH is 1. The Bertz CT molecular complexity index is 450. The fraction of sp³-hybridized carbons (Fsp3) is 0.222. The van der Waals surface area contributed by atoms with Crippen molar-refractivity contribution in [1.82, 2.24) is 0 Å². The van der Waals surface area contributed by atoms with E-state index in [9.17, 15) is 23.1 Å². The van der Waals surface area contributed by atoms with Gasteiger partial charge in [-0.1, -0.05) is 6.07 Å². The Morgan fingerprint density at radius 3 is 2.50 bits per heavy atom. The van der Waals surface area contributed by atoms with E-state index in [2.05, 4.69) is 4.74 Å². The van der Waals surface area contributed by atoms with Crippen LogP contribution in [0.15, 0.2) is 18.2 Å². The normalized spacial score (nSPS) is 12.9. The number of benzene rings is 1. The molecule has 0 heterocycles. The molecule has 18 heavy (non-hydrogen) atoms. The minimum atomic E-state index is -4.90. The zero-order chi connectivity index (χ0) is 13.9. The van der Waals surface area contributed by atoms with Crippen molar-refractivity contribution >= 4 is 11.7 Å². The summed E-state index contributed by atoms with van der Waals surface area (Å²) >= 11 is 0. The summed E-state index contributed by atoms with van der Waals surface area (Å²) in [5.41, 5.74) is 1.49.